The van der Waals surface area contributed by atoms with E-state index in [0.717, 1.165) is 11.1 Å². The second-order valence-corrected chi connectivity index (χ2v) is 8.88. The molecule has 0 saturated heterocycles. The van der Waals surface area contributed by atoms with Gasteiger partial charge >= 0.3 is 0 Å². The minimum atomic E-state index is -3.87. The molecule has 0 atom stereocenters. The summed E-state index contributed by atoms with van der Waals surface area (Å²) >= 11 is 0. The summed E-state index contributed by atoms with van der Waals surface area (Å²) in [6.45, 7) is 3.72. The highest BCUT2D eigenvalue weighted by molar-refractivity contribution is 7.89. The van der Waals surface area contributed by atoms with Gasteiger partial charge < -0.3 is 23.7 Å². The lowest BCUT2D eigenvalue weighted by Gasteiger charge is -2.27. The number of sulfonamides is 1. The van der Waals surface area contributed by atoms with Crippen LogP contribution in [0.3, 0.4) is 0 Å². The van der Waals surface area contributed by atoms with Crippen molar-refractivity contribution in [1.29, 1.82) is 0 Å². The Labute approximate surface area is 184 Å². The SMILES string of the molecule is COc1cc(CN(CC(OC)OC)S(=O)(=O)c2ccc(C)cc2)c(OC)c(OC)c1C. The number of hydrogen-bond donors (Lipinski definition) is 0. The molecule has 172 valence electrons. The maximum absolute atomic E-state index is 13.5. The number of ether oxygens (including phenoxy) is 5. The second kappa shape index (κ2) is 10.8. The number of nitrogens with zero attached hydrogens (tertiary/aromatic N) is 1. The predicted molar refractivity (Wildman–Crippen MR) is 117 cm³/mol. The van der Waals surface area contributed by atoms with Crippen LogP contribution in [0.15, 0.2) is 35.2 Å². The highest BCUT2D eigenvalue weighted by Gasteiger charge is 2.30. The molecule has 0 aliphatic carbocycles. The quantitative estimate of drug-likeness (QED) is 0.483. The Morgan fingerprint density at radius 2 is 1.45 bits per heavy atom. The van der Waals surface area contributed by atoms with E-state index in [4.69, 9.17) is 23.7 Å². The highest BCUT2D eigenvalue weighted by Crippen LogP contribution is 2.41. The third-order valence-electron chi connectivity index (χ3n) is 5.03. The topological polar surface area (TPSA) is 83.5 Å². The van der Waals surface area contributed by atoms with E-state index < -0.39 is 16.3 Å². The molecular weight excluding hydrogens is 422 g/mol. The van der Waals surface area contributed by atoms with E-state index in [2.05, 4.69) is 0 Å². The Kier molecular flexibility index (Phi) is 8.69. The van der Waals surface area contributed by atoms with Crippen LogP contribution >= 0.6 is 0 Å². The minimum Gasteiger partial charge on any atom is -0.496 e. The average Bonchev–Trinajstić information content (AvgIpc) is 2.77. The molecule has 0 saturated carbocycles. The first-order valence-electron chi connectivity index (χ1n) is 9.64. The van der Waals surface area contributed by atoms with Gasteiger partial charge in [0.1, 0.15) is 5.75 Å². The molecule has 0 N–H and O–H groups in total. The molecule has 0 aromatic heterocycles. The lowest BCUT2D eigenvalue weighted by atomic mass is 10.1. The molecule has 0 unspecified atom stereocenters. The zero-order valence-electron chi connectivity index (χ0n) is 19.1. The zero-order valence-corrected chi connectivity index (χ0v) is 19.9. The summed E-state index contributed by atoms with van der Waals surface area (Å²) in [5.41, 5.74) is 2.31. The van der Waals surface area contributed by atoms with Gasteiger partial charge in [0.05, 0.1) is 32.8 Å². The van der Waals surface area contributed by atoms with Gasteiger partial charge in [-0.1, -0.05) is 17.7 Å². The fraction of sp³-hybridized carbons (Fsp3) is 0.455. The van der Waals surface area contributed by atoms with Crippen molar-refractivity contribution >= 4 is 10.0 Å². The van der Waals surface area contributed by atoms with E-state index >= 15 is 0 Å². The van der Waals surface area contributed by atoms with Crippen LogP contribution in [-0.2, 0) is 26.0 Å². The summed E-state index contributed by atoms with van der Waals surface area (Å²) in [4.78, 5) is 0.175. The van der Waals surface area contributed by atoms with Gasteiger partial charge in [-0.2, -0.15) is 4.31 Å². The third kappa shape index (κ3) is 5.48. The molecular formula is C22H31NO7S. The van der Waals surface area contributed by atoms with Crippen LogP contribution in [0.2, 0.25) is 0 Å². The number of hydrogen-bond acceptors (Lipinski definition) is 7. The van der Waals surface area contributed by atoms with Crippen LogP contribution in [0, 0.1) is 13.8 Å². The van der Waals surface area contributed by atoms with Gasteiger partial charge in [0, 0.05) is 31.9 Å². The highest BCUT2D eigenvalue weighted by atomic mass is 32.2. The first-order chi connectivity index (χ1) is 14.7. The number of aryl methyl sites for hydroxylation is 1. The van der Waals surface area contributed by atoms with Crippen molar-refractivity contribution in [3.63, 3.8) is 0 Å². The molecule has 8 nitrogen and oxygen atoms in total. The maximum atomic E-state index is 13.5. The fourth-order valence-corrected chi connectivity index (χ4v) is 4.67. The molecule has 0 fully saturated rings. The summed E-state index contributed by atoms with van der Waals surface area (Å²) in [6, 6.07) is 8.43. The molecule has 0 heterocycles. The van der Waals surface area contributed by atoms with E-state index in [1.165, 1.54) is 32.7 Å². The standard InChI is InChI=1S/C22H31NO7S/c1-15-8-10-18(11-9-15)31(24,25)23(14-20(27-4)28-5)13-17-12-19(26-3)16(2)21(29-6)22(17)30-7/h8-12,20H,13-14H2,1-7H3. The first kappa shape index (κ1) is 24.9. The first-order valence-corrected chi connectivity index (χ1v) is 11.1. The van der Waals surface area contributed by atoms with E-state index in [-0.39, 0.29) is 18.0 Å². The molecule has 2 aromatic rings. The van der Waals surface area contributed by atoms with Crippen molar-refractivity contribution in [1.82, 2.24) is 4.31 Å². The Balaban J connectivity index is 2.60. The summed E-state index contributed by atoms with van der Waals surface area (Å²) in [5.74, 6) is 1.49. The van der Waals surface area contributed by atoms with Crippen LogP contribution in [0.1, 0.15) is 16.7 Å². The fourth-order valence-electron chi connectivity index (χ4n) is 3.27. The van der Waals surface area contributed by atoms with Gasteiger partial charge in [-0.3, -0.25) is 0 Å². The number of rotatable bonds is 11. The average molecular weight is 454 g/mol. The maximum Gasteiger partial charge on any atom is 0.243 e. The Morgan fingerprint density at radius 1 is 0.871 bits per heavy atom. The summed E-state index contributed by atoms with van der Waals surface area (Å²) in [7, 11) is 3.64. The smallest absolute Gasteiger partial charge is 0.243 e. The molecule has 0 aliphatic rings. The summed E-state index contributed by atoms with van der Waals surface area (Å²) < 4.78 is 55.4. The number of benzene rings is 2. The van der Waals surface area contributed by atoms with Gasteiger partial charge in [0.15, 0.2) is 17.8 Å². The van der Waals surface area contributed by atoms with E-state index in [1.807, 2.05) is 13.8 Å². The Morgan fingerprint density at radius 3 is 1.94 bits per heavy atom. The van der Waals surface area contributed by atoms with Gasteiger partial charge in [-0.05, 0) is 32.0 Å². The molecule has 0 amide bonds. The zero-order chi connectivity index (χ0) is 23.2. The van der Waals surface area contributed by atoms with Crippen LogP contribution < -0.4 is 14.2 Å². The van der Waals surface area contributed by atoms with Gasteiger partial charge in [0.2, 0.25) is 10.0 Å². The minimum absolute atomic E-state index is 0.00436. The van der Waals surface area contributed by atoms with Crippen LogP contribution in [0.4, 0.5) is 0 Å². The Hall–Kier alpha value is -2.33. The molecule has 0 radical (unpaired) electrons. The lowest BCUT2D eigenvalue weighted by Crippen LogP contribution is -2.38. The summed E-state index contributed by atoms with van der Waals surface area (Å²) in [6.07, 6.45) is -0.750. The van der Waals surface area contributed by atoms with Gasteiger partial charge in [-0.25, -0.2) is 8.42 Å². The third-order valence-corrected chi connectivity index (χ3v) is 6.85. The van der Waals surface area contributed by atoms with Crippen molar-refractivity contribution in [2.75, 3.05) is 42.1 Å². The molecule has 0 bridgehead atoms. The molecule has 9 heteroatoms. The molecule has 0 spiro atoms. The number of methoxy groups -OCH3 is 5. The predicted octanol–water partition coefficient (Wildman–Crippen LogP) is 3.14. The van der Waals surface area contributed by atoms with Gasteiger partial charge in [-0.15, -0.1) is 0 Å². The molecule has 0 aliphatic heterocycles. The molecule has 2 aromatic carbocycles. The van der Waals surface area contributed by atoms with Crippen molar-refractivity contribution in [2.45, 2.75) is 31.6 Å². The summed E-state index contributed by atoms with van der Waals surface area (Å²) in [5, 5.41) is 0. The monoisotopic (exact) mass is 453 g/mol. The van der Waals surface area contributed by atoms with E-state index in [0.29, 0.717) is 22.8 Å². The molecule has 31 heavy (non-hydrogen) atoms. The van der Waals surface area contributed by atoms with Crippen molar-refractivity contribution in [2.24, 2.45) is 0 Å². The Bertz CT molecular complexity index is 970. The van der Waals surface area contributed by atoms with E-state index in [1.54, 1.807) is 37.4 Å². The largest absolute Gasteiger partial charge is 0.496 e. The second-order valence-electron chi connectivity index (χ2n) is 6.94. The normalized spacial score (nSPS) is 11.8. The van der Waals surface area contributed by atoms with Crippen LogP contribution in [-0.4, -0.2) is 61.1 Å². The molecule has 2 rings (SSSR count). The van der Waals surface area contributed by atoms with Crippen molar-refractivity contribution < 1.29 is 32.1 Å². The van der Waals surface area contributed by atoms with Gasteiger partial charge in [0.25, 0.3) is 0 Å². The van der Waals surface area contributed by atoms with Crippen molar-refractivity contribution in [3.05, 3.63) is 47.0 Å². The van der Waals surface area contributed by atoms with Crippen LogP contribution in [0.5, 0.6) is 17.2 Å². The van der Waals surface area contributed by atoms with Crippen LogP contribution in [0.25, 0.3) is 0 Å². The van der Waals surface area contributed by atoms with Crippen molar-refractivity contribution in [3.8, 4) is 17.2 Å². The lowest BCUT2D eigenvalue weighted by molar-refractivity contribution is -0.108. The van der Waals surface area contributed by atoms with E-state index in [9.17, 15) is 8.42 Å².